The maximum Gasteiger partial charge on any atom is 0.154 e. The first-order valence-electron chi connectivity index (χ1n) is 0.567. The fourth-order valence-corrected chi connectivity index (χ4v) is 0. The molecule has 0 rings (SSSR count). The molecule has 0 aromatic heterocycles. The van der Waals surface area contributed by atoms with Gasteiger partial charge in [0.2, 0.25) is 0 Å². The SMILES string of the molecule is F[C-](F)F.[Zn]. The summed E-state index contributed by atoms with van der Waals surface area (Å²) in [4.78, 5) is 0. The molecule has 0 bridgehead atoms. The molecule has 0 aromatic carbocycles. The Hall–Kier alpha value is 0.413. The van der Waals surface area contributed by atoms with Crippen LogP contribution >= 0.6 is 0 Å². The van der Waals surface area contributed by atoms with E-state index in [0.717, 1.165) is 0 Å². The Labute approximate surface area is 40.1 Å². The van der Waals surface area contributed by atoms with Crippen molar-refractivity contribution in [2.45, 2.75) is 0 Å². The van der Waals surface area contributed by atoms with Crippen LogP contribution in [0.3, 0.4) is 0 Å². The Morgan fingerprint density at radius 1 is 1.00 bits per heavy atom. The Kier molecular flexibility index (Phi) is 7.99. The maximum atomic E-state index is 9.58. The van der Waals surface area contributed by atoms with Gasteiger partial charge in [0.1, 0.15) is 0 Å². The predicted octanol–water partition coefficient (Wildman–Crippen LogP) is 1.34. The molecule has 0 heterocycles. The van der Waals surface area contributed by atoms with E-state index in [1.807, 2.05) is 0 Å². The van der Waals surface area contributed by atoms with Crippen LogP contribution < -0.4 is 0 Å². The maximum absolute atomic E-state index is 9.58. The van der Waals surface area contributed by atoms with Gasteiger partial charge in [-0.05, 0) is 0 Å². The average molecular weight is 134 g/mol. The summed E-state index contributed by atoms with van der Waals surface area (Å²) in [5, 5.41) is 0. The summed E-state index contributed by atoms with van der Waals surface area (Å²) < 4.78 is 28.8. The Bertz CT molecular complexity index is 11.6. The van der Waals surface area contributed by atoms with Crippen LogP contribution in [0.5, 0.6) is 0 Å². The molecule has 28 valence electrons. The fraction of sp³-hybridized carbons (Fsp3) is 0. The molecular weight excluding hydrogens is 134 g/mol. The third-order valence-corrected chi connectivity index (χ3v) is 0. The number of halogens is 3. The van der Waals surface area contributed by atoms with E-state index < -0.39 is 6.68 Å². The summed E-state index contributed by atoms with van der Waals surface area (Å²) in [6, 6.07) is 0. The van der Waals surface area contributed by atoms with Crippen molar-refractivity contribution >= 4 is 0 Å². The zero-order valence-corrected chi connectivity index (χ0v) is 5.31. The zero-order chi connectivity index (χ0) is 3.58. The molecule has 0 aliphatic rings. The van der Waals surface area contributed by atoms with Crippen LogP contribution in [0, 0.1) is 6.68 Å². The molecule has 0 nitrogen and oxygen atoms in total. The summed E-state index contributed by atoms with van der Waals surface area (Å²) in [5.74, 6) is 0. The van der Waals surface area contributed by atoms with Gasteiger partial charge in [-0.15, -0.1) is 0 Å². The first-order chi connectivity index (χ1) is 1.73. The first kappa shape index (κ1) is 9.05. The van der Waals surface area contributed by atoms with E-state index >= 15 is 0 Å². The molecule has 4 heteroatoms. The molecule has 5 heavy (non-hydrogen) atoms. The van der Waals surface area contributed by atoms with Crippen LogP contribution in [0.25, 0.3) is 0 Å². The van der Waals surface area contributed by atoms with E-state index in [1.165, 1.54) is 0 Å². The van der Waals surface area contributed by atoms with E-state index in [4.69, 9.17) is 0 Å². The van der Waals surface area contributed by atoms with Gasteiger partial charge in [0.25, 0.3) is 0 Å². The van der Waals surface area contributed by atoms with E-state index in [1.54, 1.807) is 0 Å². The Balaban J connectivity index is 0. The van der Waals surface area contributed by atoms with Gasteiger partial charge in [0, 0.05) is 19.5 Å². The van der Waals surface area contributed by atoms with Gasteiger partial charge in [-0.1, -0.05) is 0 Å². The molecule has 0 fully saturated rings. The molecular formula is CF3Zn-. The number of hydrogen-bond donors (Lipinski definition) is 0. The zero-order valence-electron chi connectivity index (χ0n) is 2.34. The van der Waals surface area contributed by atoms with Gasteiger partial charge >= 0.3 is 0 Å². The van der Waals surface area contributed by atoms with Gasteiger partial charge in [0.15, 0.2) is 6.68 Å². The van der Waals surface area contributed by atoms with Crippen molar-refractivity contribution in [3.8, 4) is 0 Å². The standard InChI is InChI=1S/CF3.Zn/c2-1(3)4;/q-1;. The fourth-order valence-electron chi connectivity index (χ4n) is 0. The monoisotopic (exact) mass is 133 g/mol. The van der Waals surface area contributed by atoms with Crippen molar-refractivity contribution in [2.24, 2.45) is 0 Å². The molecule has 0 amide bonds. The van der Waals surface area contributed by atoms with Crippen LogP contribution in [-0.2, 0) is 19.5 Å². The minimum atomic E-state index is -3.08. The molecule has 0 saturated heterocycles. The Morgan fingerprint density at radius 2 is 1.00 bits per heavy atom. The summed E-state index contributed by atoms with van der Waals surface area (Å²) in [5.41, 5.74) is 0. The van der Waals surface area contributed by atoms with E-state index in [2.05, 4.69) is 0 Å². The third-order valence-electron chi connectivity index (χ3n) is 0. The van der Waals surface area contributed by atoms with Crippen molar-refractivity contribution in [2.75, 3.05) is 0 Å². The molecule has 0 spiro atoms. The summed E-state index contributed by atoms with van der Waals surface area (Å²) in [6.45, 7) is -3.08. The minimum absolute atomic E-state index is 0. The van der Waals surface area contributed by atoms with Crippen LogP contribution in [0.2, 0.25) is 0 Å². The van der Waals surface area contributed by atoms with Gasteiger partial charge < -0.3 is 13.2 Å². The second kappa shape index (κ2) is 4.41. The molecule has 0 aliphatic carbocycles. The Morgan fingerprint density at radius 3 is 1.00 bits per heavy atom. The first-order valence-corrected chi connectivity index (χ1v) is 0.567. The molecule has 0 aliphatic heterocycles. The molecule has 0 saturated carbocycles. The number of hydrogen-bond acceptors (Lipinski definition) is 0. The molecule has 0 aromatic rings. The molecule has 0 N–H and O–H groups in total. The molecule has 0 atom stereocenters. The summed E-state index contributed by atoms with van der Waals surface area (Å²) >= 11 is 0. The average Bonchev–Trinajstić information content (AvgIpc) is 0.811. The minimum Gasteiger partial charge on any atom is -0.385 e. The normalized spacial score (nSPS) is 7.20. The third kappa shape index (κ3) is 150. The predicted molar refractivity (Wildman–Crippen MR) is 6.57 cm³/mol. The van der Waals surface area contributed by atoms with Crippen molar-refractivity contribution in [3.05, 3.63) is 6.68 Å². The van der Waals surface area contributed by atoms with Crippen molar-refractivity contribution in [3.63, 3.8) is 0 Å². The second-order valence-corrected chi connectivity index (χ2v) is 0.214. The van der Waals surface area contributed by atoms with Gasteiger partial charge in [-0.3, -0.25) is 0 Å². The summed E-state index contributed by atoms with van der Waals surface area (Å²) in [7, 11) is 0. The quantitative estimate of drug-likeness (QED) is 0.346. The topological polar surface area (TPSA) is 0 Å². The van der Waals surface area contributed by atoms with Crippen molar-refractivity contribution in [1.29, 1.82) is 0 Å². The van der Waals surface area contributed by atoms with Crippen LogP contribution in [0.1, 0.15) is 0 Å². The summed E-state index contributed by atoms with van der Waals surface area (Å²) in [6.07, 6.45) is 0. The van der Waals surface area contributed by atoms with Gasteiger partial charge in [-0.25, -0.2) is 0 Å². The van der Waals surface area contributed by atoms with Gasteiger partial charge in [0.05, 0.1) is 0 Å². The largest absolute Gasteiger partial charge is 0.385 e. The molecule has 0 unspecified atom stereocenters. The van der Waals surface area contributed by atoms with E-state index in [9.17, 15) is 13.2 Å². The van der Waals surface area contributed by atoms with Crippen LogP contribution in [0.15, 0.2) is 0 Å². The van der Waals surface area contributed by atoms with Crippen LogP contribution in [-0.4, -0.2) is 0 Å². The van der Waals surface area contributed by atoms with E-state index in [0.29, 0.717) is 0 Å². The van der Waals surface area contributed by atoms with Crippen LogP contribution in [0.4, 0.5) is 13.2 Å². The molecule has 0 radical (unpaired) electrons. The van der Waals surface area contributed by atoms with Gasteiger partial charge in [-0.2, -0.15) is 0 Å². The van der Waals surface area contributed by atoms with E-state index in [-0.39, 0.29) is 19.5 Å². The number of rotatable bonds is 0. The second-order valence-electron chi connectivity index (χ2n) is 0.214. The van der Waals surface area contributed by atoms with Crippen molar-refractivity contribution < 1.29 is 32.6 Å². The van der Waals surface area contributed by atoms with Crippen molar-refractivity contribution in [1.82, 2.24) is 0 Å². The smallest absolute Gasteiger partial charge is 0.154 e.